The molecule has 8 heteroatoms. The maximum absolute atomic E-state index is 12.3. The van der Waals surface area contributed by atoms with E-state index in [9.17, 15) is 13.2 Å². The standard InChI is InChI=1S/C21H23F3O5/c1-14-19(15-3-5-16(6-4-15)29-13-21(22,23)24)9-17(10-20(14)25-2)28-12-18-11-26-7-8-27-18/h3-6,9-10,18H,7-8,11-13H2,1-2H3. The second kappa shape index (κ2) is 9.37. The van der Waals surface area contributed by atoms with Crippen molar-refractivity contribution in [2.75, 3.05) is 40.1 Å². The summed E-state index contributed by atoms with van der Waals surface area (Å²) in [5, 5.41) is 0. The summed E-state index contributed by atoms with van der Waals surface area (Å²) in [5.74, 6) is 1.40. The van der Waals surface area contributed by atoms with Gasteiger partial charge in [-0.3, -0.25) is 0 Å². The van der Waals surface area contributed by atoms with Gasteiger partial charge >= 0.3 is 6.18 Å². The van der Waals surface area contributed by atoms with Crippen LogP contribution in [-0.4, -0.2) is 52.4 Å². The lowest BCUT2D eigenvalue weighted by Gasteiger charge is -2.23. The summed E-state index contributed by atoms with van der Waals surface area (Å²) in [6, 6.07) is 10.1. The Kier molecular flexibility index (Phi) is 6.87. The minimum absolute atomic E-state index is 0.135. The molecule has 0 spiro atoms. The highest BCUT2D eigenvalue weighted by Gasteiger charge is 2.28. The first-order valence-electron chi connectivity index (χ1n) is 9.16. The monoisotopic (exact) mass is 412 g/mol. The summed E-state index contributed by atoms with van der Waals surface area (Å²) < 4.78 is 63.9. The smallest absolute Gasteiger partial charge is 0.422 e. The Labute approximate surface area is 167 Å². The molecule has 5 nitrogen and oxygen atoms in total. The first-order valence-corrected chi connectivity index (χ1v) is 9.16. The van der Waals surface area contributed by atoms with Crippen LogP contribution in [0, 0.1) is 6.92 Å². The molecule has 158 valence electrons. The summed E-state index contributed by atoms with van der Waals surface area (Å²) in [6.07, 6.45) is -4.51. The fourth-order valence-electron chi connectivity index (χ4n) is 2.98. The third kappa shape index (κ3) is 6.01. The lowest BCUT2D eigenvalue weighted by molar-refractivity contribution is -0.153. The van der Waals surface area contributed by atoms with Gasteiger partial charge in [-0.15, -0.1) is 0 Å². The zero-order chi connectivity index (χ0) is 20.9. The minimum Gasteiger partial charge on any atom is -0.496 e. The number of alkyl halides is 3. The molecule has 3 rings (SSSR count). The van der Waals surface area contributed by atoms with Crippen molar-refractivity contribution >= 4 is 0 Å². The number of ether oxygens (including phenoxy) is 5. The van der Waals surface area contributed by atoms with E-state index in [1.54, 1.807) is 25.3 Å². The lowest BCUT2D eigenvalue weighted by atomic mass is 9.99. The summed E-state index contributed by atoms with van der Waals surface area (Å²) in [4.78, 5) is 0. The fraction of sp³-hybridized carbons (Fsp3) is 0.429. The minimum atomic E-state index is -4.37. The van der Waals surface area contributed by atoms with Crippen molar-refractivity contribution in [1.82, 2.24) is 0 Å². The van der Waals surface area contributed by atoms with E-state index in [0.717, 1.165) is 16.7 Å². The summed E-state index contributed by atoms with van der Waals surface area (Å²) >= 11 is 0. The molecule has 0 aromatic heterocycles. The SMILES string of the molecule is COc1cc(OCC2COCCO2)cc(-c2ccc(OCC(F)(F)F)cc2)c1C. The summed E-state index contributed by atoms with van der Waals surface area (Å²) in [7, 11) is 1.57. The zero-order valence-corrected chi connectivity index (χ0v) is 16.3. The van der Waals surface area contributed by atoms with Crippen LogP contribution in [0.5, 0.6) is 17.2 Å². The molecular formula is C21H23F3O5. The van der Waals surface area contributed by atoms with E-state index >= 15 is 0 Å². The van der Waals surface area contributed by atoms with E-state index in [2.05, 4.69) is 0 Å². The van der Waals surface area contributed by atoms with Gasteiger partial charge in [0.2, 0.25) is 0 Å². The molecule has 0 aliphatic carbocycles. The van der Waals surface area contributed by atoms with Crippen molar-refractivity contribution in [3.8, 4) is 28.4 Å². The maximum Gasteiger partial charge on any atom is 0.422 e. The maximum atomic E-state index is 12.3. The summed E-state index contributed by atoms with van der Waals surface area (Å²) in [6.45, 7) is 2.53. The number of halogens is 3. The molecule has 0 N–H and O–H groups in total. The number of methoxy groups -OCH3 is 1. The van der Waals surface area contributed by atoms with Crippen molar-refractivity contribution in [3.63, 3.8) is 0 Å². The number of hydrogen-bond donors (Lipinski definition) is 0. The van der Waals surface area contributed by atoms with Crippen LogP contribution in [0.15, 0.2) is 36.4 Å². The van der Waals surface area contributed by atoms with Crippen LogP contribution in [0.4, 0.5) is 13.2 Å². The average molecular weight is 412 g/mol. The van der Waals surface area contributed by atoms with Gasteiger partial charge in [-0.05, 0) is 41.8 Å². The van der Waals surface area contributed by atoms with Crippen molar-refractivity contribution in [2.45, 2.75) is 19.2 Å². The molecular weight excluding hydrogens is 389 g/mol. The van der Waals surface area contributed by atoms with Crippen LogP contribution in [0.3, 0.4) is 0 Å². The van der Waals surface area contributed by atoms with Crippen molar-refractivity contribution < 1.29 is 36.9 Å². The third-order valence-electron chi connectivity index (χ3n) is 4.44. The molecule has 1 aliphatic rings. The highest BCUT2D eigenvalue weighted by atomic mass is 19.4. The molecule has 1 atom stereocenters. The second-order valence-electron chi connectivity index (χ2n) is 6.61. The molecule has 2 aromatic rings. The molecule has 1 unspecified atom stereocenters. The van der Waals surface area contributed by atoms with E-state index in [-0.39, 0.29) is 11.9 Å². The Hall–Kier alpha value is -2.45. The normalized spacial score (nSPS) is 17.1. The predicted molar refractivity (Wildman–Crippen MR) is 101 cm³/mol. The Balaban J connectivity index is 1.76. The molecule has 1 aliphatic heterocycles. The van der Waals surface area contributed by atoms with Gasteiger partial charge in [0.1, 0.15) is 30.0 Å². The van der Waals surface area contributed by atoms with Crippen molar-refractivity contribution in [3.05, 3.63) is 42.0 Å². The topological polar surface area (TPSA) is 46.2 Å². The Morgan fingerprint density at radius 2 is 1.79 bits per heavy atom. The summed E-state index contributed by atoms with van der Waals surface area (Å²) in [5.41, 5.74) is 2.55. The molecule has 0 saturated carbocycles. The van der Waals surface area contributed by atoms with Gasteiger partial charge in [0.25, 0.3) is 0 Å². The van der Waals surface area contributed by atoms with Crippen molar-refractivity contribution in [2.24, 2.45) is 0 Å². The van der Waals surface area contributed by atoms with Gasteiger partial charge in [0, 0.05) is 6.07 Å². The van der Waals surface area contributed by atoms with Gasteiger partial charge in [0.05, 0.1) is 26.9 Å². The molecule has 0 bridgehead atoms. The van der Waals surface area contributed by atoms with Crippen LogP contribution in [-0.2, 0) is 9.47 Å². The molecule has 1 saturated heterocycles. The average Bonchev–Trinajstić information content (AvgIpc) is 2.72. The number of hydrogen-bond acceptors (Lipinski definition) is 5. The fourth-order valence-corrected chi connectivity index (χ4v) is 2.98. The first-order chi connectivity index (χ1) is 13.9. The number of benzene rings is 2. The molecule has 0 amide bonds. The highest BCUT2D eigenvalue weighted by Crippen LogP contribution is 2.35. The van der Waals surface area contributed by atoms with Gasteiger partial charge in [0.15, 0.2) is 6.61 Å². The van der Waals surface area contributed by atoms with E-state index in [4.69, 9.17) is 23.7 Å². The Morgan fingerprint density at radius 1 is 1.03 bits per heavy atom. The second-order valence-corrected chi connectivity index (χ2v) is 6.61. The zero-order valence-electron chi connectivity index (χ0n) is 16.3. The highest BCUT2D eigenvalue weighted by molar-refractivity contribution is 5.72. The van der Waals surface area contributed by atoms with Gasteiger partial charge < -0.3 is 23.7 Å². The largest absolute Gasteiger partial charge is 0.496 e. The van der Waals surface area contributed by atoms with Crippen LogP contribution in [0.2, 0.25) is 0 Å². The van der Waals surface area contributed by atoms with Crippen LogP contribution < -0.4 is 14.2 Å². The van der Waals surface area contributed by atoms with Crippen LogP contribution >= 0.6 is 0 Å². The number of rotatable bonds is 7. The van der Waals surface area contributed by atoms with E-state index in [1.165, 1.54) is 12.1 Å². The third-order valence-corrected chi connectivity index (χ3v) is 4.44. The van der Waals surface area contributed by atoms with E-state index in [0.29, 0.717) is 37.9 Å². The lowest BCUT2D eigenvalue weighted by Crippen LogP contribution is -2.33. The van der Waals surface area contributed by atoms with Crippen LogP contribution in [0.1, 0.15) is 5.56 Å². The molecule has 2 aromatic carbocycles. The Morgan fingerprint density at radius 3 is 2.41 bits per heavy atom. The van der Waals surface area contributed by atoms with E-state index in [1.807, 2.05) is 13.0 Å². The van der Waals surface area contributed by atoms with Gasteiger partial charge in [-0.1, -0.05) is 12.1 Å². The van der Waals surface area contributed by atoms with Crippen LogP contribution in [0.25, 0.3) is 11.1 Å². The predicted octanol–water partition coefficient (Wildman–Crippen LogP) is 4.41. The van der Waals surface area contributed by atoms with Gasteiger partial charge in [-0.2, -0.15) is 13.2 Å². The van der Waals surface area contributed by atoms with Gasteiger partial charge in [-0.25, -0.2) is 0 Å². The molecule has 29 heavy (non-hydrogen) atoms. The van der Waals surface area contributed by atoms with E-state index < -0.39 is 12.8 Å². The molecule has 0 radical (unpaired) electrons. The molecule has 1 heterocycles. The Bertz CT molecular complexity index is 799. The molecule has 1 fully saturated rings. The van der Waals surface area contributed by atoms with Crippen molar-refractivity contribution in [1.29, 1.82) is 0 Å². The first kappa shape index (κ1) is 21.3. The quantitative estimate of drug-likeness (QED) is 0.674.